The lowest BCUT2D eigenvalue weighted by atomic mass is 9.56. The fourth-order valence-corrected chi connectivity index (χ4v) is 2.94. The predicted molar refractivity (Wildman–Crippen MR) is 86.3 cm³/mol. The summed E-state index contributed by atoms with van der Waals surface area (Å²) in [6, 6.07) is 4.52. The van der Waals surface area contributed by atoms with Crippen LogP contribution in [0, 0.1) is 5.41 Å². The molecule has 0 aromatic carbocycles. The summed E-state index contributed by atoms with van der Waals surface area (Å²) in [5, 5.41) is 6.89. The van der Waals surface area contributed by atoms with Crippen LogP contribution in [0.3, 0.4) is 0 Å². The van der Waals surface area contributed by atoms with E-state index in [9.17, 15) is 0 Å². The first-order valence-corrected chi connectivity index (χ1v) is 7.46. The Morgan fingerprint density at radius 2 is 2.19 bits per heavy atom. The SMILES string of the molecule is CN=C(NCc1cccn1C)NC1CC(C)(OC)C1(C)C. The summed E-state index contributed by atoms with van der Waals surface area (Å²) in [5.41, 5.74) is 1.24. The lowest BCUT2D eigenvalue weighted by Crippen LogP contribution is -2.69. The van der Waals surface area contributed by atoms with Gasteiger partial charge in [0.15, 0.2) is 5.96 Å². The van der Waals surface area contributed by atoms with Crippen LogP contribution in [0.4, 0.5) is 0 Å². The van der Waals surface area contributed by atoms with Gasteiger partial charge in [-0.1, -0.05) is 13.8 Å². The zero-order valence-corrected chi connectivity index (χ0v) is 14.0. The van der Waals surface area contributed by atoms with Crippen molar-refractivity contribution in [2.24, 2.45) is 17.5 Å². The monoisotopic (exact) mass is 292 g/mol. The van der Waals surface area contributed by atoms with Gasteiger partial charge in [0.1, 0.15) is 0 Å². The molecule has 118 valence electrons. The fourth-order valence-electron chi connectivity index (χ4n) is 2.94. The summed E-state index contributed by atoms with van der Waals surface area (Å²) in [4.78, 5) is 4.32. The number of guanidine groups is 1. The molecule has 1 fully saturated rings. The van der Waals surface area contributed by atoms with Gasteiger partial charge in [0.25, 0.3) is 0 Å². The summed E-state index contributed by atoms with van der Waals surface area (Å²) in [6.07, 6.45) is 3.04. The van der Waals surface area contributed by atoms with Crippen LogP contribution in [-0.4, -0.2) is 36.3 Å². The van der Waals surface area contributed by atoms with Crippen molar-refractivity contribution in [2.75, 3.05) is 14.2 Å². The van der Waals surface area contributed by atoms with Crippen LogP contribution in [0.1, 0.15) is 32.9 Å². The van der Waals surface area contributed by atoms with Crippen LogP contribution in [-0.2, 0) is 18.3 Å². The van der Waals surface area contributed by atoms with E-state index in [0.717, 1.165) is 18.9 Å². The van der Waals surface area contributed by atoms with Crippen molar-refractivity contribution < 1.29 is 4.74 Å². The molecule has 1 aromatic heterocycles. The molecule has 1 saturated carbocycles. The molecule has 5 heteroatoms. The molecule has 0 radical (unpaired) electrons. The van der Waals surface area contributed by atoms with Crippen molar-refractivity contribution in [1.82, 2.24) is 15.2 Å². The lowest BCUT2D eigenvalue weighted by Gasteiger charge is -2.59. The van der Waals surface area contributed by atoms with Crippen molar-refractivity contribution in [3.63, 3.8) is 0 Å². The molecule has 1 aliphatic rings. The van der Waals surface area contributed by atoms with Crippen molar-refractivity contribution in [3.05, 3.63) is 24.0 Å². The van der Waals surface area contributed by atoms with E-state index in [0.29, 0.717) is 6.04 Å². The molecule has 5 nitrogen and oxygen atoms in total. The van der Waals surface area contributed by atoms with Crippen LogP contribution in [0.15, 0.2) is 23.3 Å². The molecule has 1 heterocycles. The number of aliphatic imine (C=N–C) groups is 1. The molecule has 2 N–H and O–H groups in total. The number of aromatic nitrogens is 1. The number of aryl methyl sites for hydroxylation is 1. The Bertz CT molecular complexity index is 520. The van der Waals surface area contributed by atoms with Crippen LogP contribution in [0.25, 0.3) is 0 Å². The molecule has 0 amide bonds. The molecule has 0 spiro atoms. The van der Waals surface area contributed by atoms with Gasteiger partial charge < -0.3 is 19.9 Å². The summed E-state index contributed by atoms with van der Waals surface area (Å²) >= 11 is 0. The molecular weight excluding hydrogens is 264 g/mol. The van der Waals surface area contributed by atoms with Gasteiger partial charge in [-0.25, -0.2) is 0 Å². The van der Waals surface area contributed by atoms with Crippen LogP contribution in [0.2, 0.25) is 0 Å². The van der Waals surface area contributed by atoms with Gasteiger partial charge >= 0.3 is 0 Å². The highest BCUT2D eigenvalue weighted by atomic mass is 16.5. The number of nitrogens with one attached hydrogen (secondary N) is 2. The van der Waals surface area contributed by atoms with Crippen LogP contribution < -0.4 is 10.6 Å². The van der Waals surface area contributed by atoms with E-state index in [1.165, 1.54) is 5.69 Å². The summed E-state index contributed by atoms with van der Waals surface area (Å²) in [5.74, 6) is 0.840. The van der Waals surface area contributed by atoms with E-state index in [-0.39, 0.29) is 11.0 Å². The van der Waals surface area contributed by atoms with Gasteiger partial charge in [0.2, 0.25) is 0 Å². The molecule has 1 aliphatic carbocycles. The average Bonchev–Trinajstić information content (AvgIpc) is 2.87. The third kappa shape index (κ3) is 2.79. The highest BCUT2D eigenvalue weighted by Gasteiger charge is 2.58. The topological polar surface area (TPSA) is 50.6 Å². The minimum absolute atomic E-state index is 0.0678. The number of ether oxygens (including phenoxy) is 1. The average molecular weight is 292 g/mol. The first-order chi connectivity index (χ1) is 9.84. The molecule has 2 atom stereocenters. The second-order valence-electron chi connectivity index (χ2n) is 6.59. The number of hydrogen-bond acceptors (Lipinski definition) is 2. The third-order valence-electron chi connectivity index (χ3n) is 5.30. The number of rotatable bonds is 4. The van der Waals surface area contributed by atoms with Gasteiger partial charge in [0, 0.05) is 44.6 Å². The smallest absolute Gasteiger partial charge is 0.191 e. The maximum atomic E-state index is 5.67. The Morgan fingerprint density at radius 3 is 2.67 bits per heavy atom. The van der Waals surface area contributed by atoms with Gasteiger partial charge in [-0.05, 0) is 25.5 Å². The normalized spacial score (nSPS) is 28.1. The largest absolute Gasteiger partial charge is 0.378 e. The first kappa shape index (κ1) is 15.9. The Hall–Kier alpha value is -1.49. The standard InChI is InChI=1S/C16H28N4O/c1-15(2)13(10-16(15,3)21-6)19-14(17-4)18-11-12-8-7-9-20(12)5/h7-9,13H,10-11H2,1-6H3,(H2,17,18,19). The minimum Gasteiger partial charge on any atom is -0.378 e. The van der Waals surface area contributed by atoms with Gasteiger partial charge in [0.05, 0.1) is 12.1 Å². The van der Waals surface area contributed by atoms with Crippen LogP contribution >= 0.6 is 0 Å². The van der Waals surface area contributed by atoms with Gasteiger partial charge in [-0.15, -0.1) is 0 Å². The minimum atomic E-state index is -0.0678. The van der Waals surface area contributed by atoms with E-state index < -0.39 is 0 Å². The summed E-state index contributed by atoms with van der Waals surface area (Å²) in [7, 11) is 5.65. The van der Waals surface area contributed by atoms with E-state index in [4.69, 9.17) is 4.74 Å². The maximum Gasteiger partial charge on any atom is 0.191 e. The molecule has 1 aromatic rings. The first-order valence-electron chi connectivity index (χ1n) is 7.46. The number of hydrogen-bond donors (Lipinski definition) is 2. The molecule has 2 unspecified atom stereocenters. The summed E-state index contributed by atoms with van der Waals surface area (Å²) in [6.45, 7) is 7.41. The maximum absolute atomic E-state index is 5.67. The van der Waals surface area contributed by atoms with Crippen LogP contribution in [0.5, 0.6) is 0 Å². The zero-order chi connectivity index (χ0) is 15.7. The molecule has 2 rings (SSSR count). The Balaban J connectivity index is 1.91. The fraction of sp³-hybridized carbons (Fsp3) is 0.688. The van der Waals surface area contributed by atoms with E-state index in [1.54, 1.807) is 7.11 Å². The lowest BCUT2D eigenvalue weighted by molar-refractivity contribution is -0.176. The Labute approximate surface area is 127 Å². The molecule has 0 bridgehead atoms. The highest BCUT2D eigenvalue weighted by molar-refractivity contribution is 5.80. The van der Waals surface area contributed by atoms with Crippen molar-refractivity contribution >= 4 is 5.96 Å². The number of methoxy groups -OCH3 is 1. The molecular formula is C16H28N4O. The van der Waals surface area contributed by atoms with Crippen molar-refractivity contribution in [3.8, 4) is 0 Å². The zero-order valence-electron chi connectivity index (χ0n) is 14.0. The molecule has 0 saturated heterocycles. The molecule has 0 aliphatic heterocycles. The van der Waals surface area contributed by atoms with E-state index in [2.05, 4.69) is 47.0 Å². The second-order valence-corrected chi connectivity index (χ2v) is 6.59. The Kier molecular flexibility index (Phi) is 4.33. The number of nitrogens with zero attached hydrogens (tertiary/aromatic N) is 2. The third-order valence-corrected chi connectivity index (χ3v) is 5.30. The summed E-state index contributed by atoms with van der Waals surface area (Å²) < 4.78 is 7.77. The predicted octanol–water partition coefficient (Wildman–Crippen LogP) is 1.89. The Morgan fingerprint density at radius 1 is 1.48 bits per heavy atom. The molecule has 21 heavy (non-hydrogen) atoms. The van der Waals surface area contributed by atoms with E-state index >= 15 is 0 Å². The van der Waals surface area contributed by atoms with Crippen molar-refractivity contribution in [1.29, 1.82) is 0 Å². The van der Waals surface area contributed by atoms with Crippen molar-refractivity contribution in [2.45, 2.75) is 45.4 Å². The highest BCUT2D eigenvalue weighted by Crippen LogP contribution is 2.51. The van der Waals surface area contributed by atoms with E-state index in [1.807, 2.05) is 26.4 Å². The van der Waals surface area contributed by atoms with Gasteiger partial charge in [-0.3, -0.25) is 4.99 Å². The van der Waals surface area contributed by atoms with Gasteiger partial charge in [-0.2, -0.15) is 0 Å². The second kappa shape index (κ2) is 5.72. The quantitative estimate of drug-likeness (QED) is 0.658.